The molecular formula is C23H32N2. The summed E-state index contributed by atoms with van der Waals surface area (Å²) >= 11 is 0. The van der Waals surface area contributed by atoms with Crippen LogP contribution in [0.25, 0.3) is 0 Å². The molecule has 0 saturated carbocycles. The lowest BCUT2D eigenvalue weighted by Crippen LogP contribution is -2.41. The van der Waals surface area contributed by atoms with Gasteiger partial charge in [0.05, 0.1) is 0 Å². The summed E-state index contributed by atoms with van der Waals surface area (Å²) in [5.41, 5.74) is 4.48. The molecule has 2 aromatic carbocycles. The van der Waals surface area contributed by atoms with Gasteiger partial charge in [0.15, 0.2) is 0 Å². The van der Waals surface area contributed by atoms with Crippen molar-refractivity contribution in [2.45, 2.75) is 45.6 Å². The van der Waals surface area contributed by atoms with Gasteiger partial charge in [-0.25, -0.2) is 0 Å². The fourth-order valence-corrected chi connectivity index (χ4v) is 4.09. The molecule has 0 radical (unpaired) electrons. The maximum Gasteiger partial charge on any atom is 0.0368 e. The number of benzene rings is 2. The van der Waals surface area contributed by atoms with E-state index in [1.54, 1.807) is 11.1 Å². The molecule has 2 aromatic rings. The van der Waals surface area contributed by atoms with E-state index in [2.05, 4.69) is 78.2 Å². The van der Waals surface area contributed by atoms with Gasteiger partial charge in [0, 0.05) is 18.3 Å². The van der Waals surface area contributed by atoms with Crippen molar-refractivity contribution < 1.29 is 0 Å². The van der Waals surface area contributed by atoms with E-state index in [0.717, 1.165) is 19.6 Å². The average Bonchev–Trinajstić information content (AvgIpc) is 2.68. The first-order chi connectivity index (χ1) is 12.3. The highest BCUT2D eigenvalue weighted by molar-refractivity contribution is 5.48. The standard InChI is InChI=1S/C23H32N2/c1-3-24(4-2)17-10-18-25(22-13-6-5-7-14-22)23-16-15-20-11-8-9-12-21(20)19-23/h5-9,11-14,23H,3-4,10,15-19H2,1-2H3. The maximum absolute atomic E-state index is 2.67. The lowest BCUT2D eigenvalue weighted by atomic mass is 9.87. The van der Waals surface area contributed by atoms with Gasteiger partial charge >= 0.3 is 0 Å². The van der Waals surface area contributed by atoms with E-state index in [1.165, 1.54) is 37.9 Å². The van der Waals surface area contributed by atoms with E-state index in [-0.39, 0.29) is 0 Å². The summed E-state index contributed by atoms with van der Waals surface area (Å²) in [4.78, 5) is 5.19. The van der Waals surface area contributed by atoms with Crippen LogP contribution in [0.15, 0.2) is 54.6 Å². The number of fused-ring (bicyclic) bond motifs is 1. The van der Waals surface area contributed by atoms with Gasteiger partial charge in [-0.1, -0.05) is 56.3 Å². The van der Waals surface area contributed by atoms with Crippen LogP contribution in [0.2, 0.25) is 0 Å². The lowest BCUT2D eigenvalue weighted by Gasteiger charge is -2.37. The number of anilines is 1. The van der Waals surface area contributed by atoms with Gasteiger partial charge in [0.1, 0.15) is 0 Å². The molecule has 134 valence electrons. The van der Waals surface area contributed by atoms with Crippen molar-refractivity contribution in [2.75, 3.05) is 31.1 Å². The van der Waals surface area contributed by atoms with E-state index in [1.807, 2.05) is 0 Å². The summed E-state index contributed by atoms with van der Waals surface area (Å²) in [5.74, 6) is 0. The van der Waals surface area contributed by atoms with Crippen LogP contribution in [-0.4, -0.2) is 37.1 Å². The Morgan fingerprint density at radius 3 is 2.24 bits per heavy atom. The van der Waals surface area contributed by atoms with Crippen LogP contribution < -0.4 is 4.90 Å². The number of para-hydroxylation sites is 1. The molecule has 1 aliphatic carbocycles. The molecule has 0 saturated heterocycles. The SMILES string of the molecule is CCN(CC)CCCN(c1ccccc1)C1CCc2ccccc2C1. The van der Waals surface area contributed by atoms with Crippen molar-refractivity contribution >= 4 is 5.69 Å². The maximum atomic E-state index is 2.67. The zero-order valence-corrected chi connectivity index (χ0v) is 15.8. The molecule has 25 heavy (non-hydrogen) atoms. The molecule has 2 nitrogen and oxygen atoms in total. The summed E-state index contributed by atoms with van der Waals surface area (Å²) in [6.07, 6.45) is 4.88. The molecular weight excluding hydrogens is 304 g/mol. The molecule has 0 heterocycles. The highest BCUT2D eigenvalue weighted by Crippen LogP contribution is 2.28. The number of aryl methyl sites for hydroxylation is 1. The van der Waals surface area contributed by atoms with Gasteiger partial charge in [-0.2, -0.15) is 0 Å². The van der Waals surface area contributed by atoms with E-state index >= 15 is 0 Å². The van der Waals surface area contributed by atoms with Crippen LogP contribution in [0.5, 0.6) is 0 Å². The van der Waals surface area contributed by atoms with Crippen molar-refractivity contribution in [3.8, 4) is 0 Å². The fraction of sp³-hybridized carbons (Fsp3) is 0.478. The lowest BCUT2D eigenvalue weighted by molar-refractivity contribution is 0.299. The van der Waals surface area contributed by atoms with Crippen LogP contribution in [0.3, 0.4) is 0 Å². The number of nitrogens with zero attached hydrogens (tertiary/aromatic N) is 2. The van der Waals surface area contributed by atoms with Gasteiger partial charge in [-0.05, 0) is 68.6 Å². The molecule has 0 aromatic heterocycles. The molecule has 0 amide bonds. The average molecular weight is 337 g/mol. The zero-order chi connectivity index (χ0) is 17.5. The molecule has 0 bridgehead atoms. The number of hydrogen-bond donors (Lipinski definition) is 0. The highest BCUT2D eigenvalue weighted by atomic mass is 15.2. The third-order valence-electron chi connectivity index (χ3n) is 5.62. The summed E-state index contributed by atoms with van der Waals surface area (Å²) < 4.78 is 0. The Labute approximate surface area is 153 Å². The van der Waals surface area contributed by atoms with Crippen LogP contribution in [0, 0.1) is 0 Å². The van der Waals surface area contributed by atoms with Crippen molar-refractivity contribution in [3.05, 3.63) is 65.7 Å². The van der Waals surface area contributed by atoms with Crippen molar-refractivity contribution in [1.82, 2.24) is 4.90 Å². The highest BCUT2D eigenvalue weighted by Gasteiger charge is 2.24. The molecule has 0 N–H and O–H groups in total. The predicted molar refractivity (Wildman–Crippen MR) is 108 cm³/mol. The van der Waals surface area contributed by atoms with Crippen molar-refractivity contribution in [1.29, 1.82) is 0 Å². The summed E-state index contributed by atoms with van der Waals surface area (Å²) in [6.45, 7) is 9.16. The second kappa shape index (κ2) is 9.05. The Balaban J connectivity index is 1.71. The van der Waals surface area contributed by atoms with Gasteiger partial charge in [-0.15, -0.1) is 0 Å². The second-order valence-electron chi connectivity index (χ2n) is 7.07. The molecule has 1 unspecified atom stereocenters. The van der Waals surface area contributed by atoms with Crippen molar-refractivity contribution in [3.63, 3.8) is 0 Å². The summed E-state index contributed by atoms with van der Waals surface area (Å²) in [5, 5.41) is 0. The monoisotopic (exact) mass is 336 g/mol. The largest absolute Gasteiger partial charge is 0.368 e. The topological polar surface area (TPSA) is 6.48 Å². The quantitative estimate of drug-likeness (QED) is 0.684. The van der Waals surface area contributed by atoms with E-state index < -0.39 is 0 Å². The Hall–Kier alpha value is -1.80. The second-order valence-corrected chi connectivity index (χ2v) is 7.07. The first-order valence-electron chi connectivity index (χ1n) is 9.92. The predicted octanol–water partition coefficient (Wildman–Crippen LogP) is 4.78. The molecule has 1 atom stereocenters. The van der Waals surface area contributed by atoms with Crippen LogP contribution in [0.1, 0.15) is 37.8 Å². The minimum absolute atomic E-state index is 0.619. The van der Waals surface area contributed by atoms with Crippen LogP contribution >= 0.6 is 0 Å². The molecule has 0 aliphatic heterocycles. The Morgan fingerprint density at radius 1 is 0.840 bits per heavy atom. The minimum atomic E-state index is 0.619. The third kappa shape index (κ3) is 4.64. The van der Waals surface area contributed by atoms with Gasteiger partial charge in [0.25, 0.3) is 0 Å². The summed E-state index contributed by atoms with van der Waals surface area (Å²) in [7, 11) is 0. The van der Waals surface area contributed by atoms with Crippen LogP contribution in [-0.2, 0) is 12.8 Å². The first kappa shape index (κ1) is 18.0. The Kier molecular flexibility index (Phi) is 6.52. The smallest absolute Gasteiger partial charge is 0.0368 e. The van der Waals surface area contributed by atoms with Crippen LogP contribution in [0.4, 0.5) is 5.69 Å². The molecule has 3 rings (SSSR count). The van der Waals surface area contributed by atoms with E-state index in [9.17, 15) is 0 Å². The Bertz CT molecular complexity index is 634. The zero-order valence-electron chi connectivity index (χ0n) is 15.8. The van der Waals surface area contributed by atoms with Gasteiger partial charge in [0.2, 0.25) is 0 Å². The van der Waals surface area contributed by atoms with Gasteiger partial charge < -0.3 is 9.80 Å². The molecule has 1 aliphatic rings. The fourth-order valence-electron chi connectivity index (χ4n) is 4.09. The number of hydrogen-bond acceptors (Lipinski definition) is 2. The molecule has 2 heteroatoms. The number of rotatable bonds is 8. The van der Waals surface area contributed by atoms with E-state index in [4.69, 9.17) is 0 Å². The first-order valence-corrected chi connectivity index (χ1v) is 9.92. The molecule has 0 spiro atoms. The van der Waals surface area contributed by atoms with Gasteiger partial charge in [-0.3, -0.25) is 0 Å². The normalized spacial score (nSPS) is 16.7. The summed E-state index contributed by atoms with van der Waals surface area (Å²) in [6, 6.07) is 20.6. The van der Waals surface area contributed by atoms with Crippen molar-refractivity contribution in [2.24, 2.45) is 0 Å². The van der Waals surface area contributed by atoms with E-state index in [0.29, 0.717) is 6.04 Å². The third-order valence-corrected chi connectivity index (χ3v) is 5.62. The Morgan fingerprint density at radius 2 is 1.52 bits per heavy atom. The molecule has 0 fully saturated rings. The minimum Gasteiger partial charge on any atom is -0.368 e.